The molecule has 2 saturated heterocycles. The van der Waals surface area contributed by atoms with Crippen molar-refractivity contribution in [2.24, 2.45) is 0 Å². The monoisotopic (exact) mass is 740 g/mol. The summed E-state index contributed by atoms with van der Waals surface area (Å²) >= 11 is 0. The highest BCUT2D eigenvalue weighted by Gasteiger charge is 2.38. The van der Waals surface area contributed by atoms with Gasteiger partial charge in [0.15, 0.2) is 0 Å². The molecule has 2 aromatic carbocycles. The van der Waals surface area contributed by atoms with Crippen molar-refractivity contribution in [1.82, 2.24) is 40.4 Å². The van der Waals surface area contributed by atoms with Gasteiger partial charge in [0.05, 0.1) is 62.4 Å². The van der Waals surface area contributed by atoms with Crippen molar-refractivity contribution < 1.29 is 38.1 Å². The number of nitrogens with one attached hydrogen (secondary N) is 4. The second-order valence-corrected chi connectivity index (χ2v) is 13.0. The summed E-state index contributed by atoms with van der Waals surface area (Å²) in [6.45, 7) is 1.12. The van der Waals surface area contributed by atoms with E-state index in [1.165, 1.54) is 28.4 Å². The standard InChI is InChI=1S/C38H44N8O8/c1-51-21-29(43-37(49)53-3)35(47)45-17-5-7-31(45)33-39-20-28(42-33)25-14-11-23(12-15-25)9-10-24-13-16-26-27(19-24)41-34(40-26)32-8-6-18-46(32)36(48)30(22-52-2)44-38(50)54-4/h11-16,19-20,29-32H,5-8,17-18,21-22H2,1-4H3,(H,39,42)(H,40,41)(H,43,49)(H,44,50). The molecule has 0 radical (unpaired) electrons. The Morgan fingerprint density at radius 3 is 1.91 bits per heavy atom. The number of rotatable bonds is 11. The van der Waals surface area contributed by atoms with Crippen LogP contribution >= 0.6 is 0 Å². The second kappa shape index (κ2) is 17.3. The van der Waals surface area contributed by atoms with Crippen molar-refractivity contribution in [3.05, 3.63) is 71.4 Å². The zero-order valence-corrected chi connectivity index (χ0v) is 30.6. The van der Waals surface area contributed by atoms with Crippen LogP contribution in [0.1, 0.15) is 60.5 Å². The second-order valence-electron chi connectivity index (χ2n) is 13.0. The molecule has 2 aromatic heterocycles. The number of aromatic nitrogens is 4. The van der Waals surface area contributed by atoms with Crippen LogP contribution in [0.15, 0.2) is 48.7 Å². The number of amides is 4. The van der Waals surface area contributed by atoms with Crippen molar-refractivity contribution in [3.8, 4) is 23.1 Å². The number of aromatic amines is 2. The quantitative estimate of drug-likeness (QED) is 0.166. The zero-order chi connectivity index (χ0) is 38.2. The number of benzene rings is 2. The Bertz CT molecular complexity index is 2030. The molecular formula is C38H44N8O8. The third-order valence-electron chi connectivity index (χ3n) is 9.56. The highest BCUT2D eigenvalue weighted by Crippen LogP contribution is 2.33. The number of carbonyl (C=O) groups excluding carboxylic acids is 4. The lowest BCUT2D eigenvalue weighted by atomic mass is 10.1. The number of hydrogen-bond acceptors (Lipinski definition) is 10. The number of carbonyl (C=O) groups is 4. The van der Waals surface area contributed by atoms with Gasteiger partial charge < -0.3 is 49.3 Å². The third kappa shape index (κ3) is 8.48. The fourth-order valence-corrected chi connectivity index (χ4v) is 6.91. The first-order valence-electron chi connectivity index (χ1n) is 17.7. The first kappa shape index (κ1) is 37.8. The number of alkyl carbamates (subject to hydrolysis) is 2. The Balaban J connectivity index is 1.11. The van der Waals surface area contributed by atoms with Gasteiger partial charge in [-0.05, 0) is 61.6 Å². The van der Waals surface area contributed by atoms with Crippen LogP contribution in [0, 0.1) is 11.8 Å². The van der Waals surface area contributed by atoms with E-state index in [0.717, 1.165) is 59.1 Å². The van der Waals surface area contributed by atoms with Crippen LogP contribution in [0.2, 0.25) is 0 Å². The number of ether oxygens (including phenoxy) is 4. The van der Waals surface area contributed by atoms with Gasteiger partial charge in [-0.3, -0.25) is 9.59 Å². The number of nitrogens with zero attached hydrogens (tertiary/aromatic N) is 4. The Hall–Kier alpha value is -5.92. The molecule has 2 aliphatic heterocycles. The summed E-state index contributed by atoms with van der Waals surface area (Å²) < 4.78 is 19.7. The van der Waals surface area contributed by atoms with Gasteiger partial charge in [0, 0.05) is 38.4 Å². The van der Waals surface area contributed by atoms with Crippen molar-refractivity contribution in [3.63, 3.8) is 0 Å². The van der Waals surface area contributed by atoms with Gasteiger partial charge in [-0.1, -0.05) is 24.0 Å². The molecule has 0 spiro atoms. The number of likely N-dealkylation sites (tertiary alicyclic amines) is 2. The smallest absolute Gasteiger partial charge is 0.407 e. The summed E-state index contributed by atoms with van der Waals surface area (Å²) in [5.41, 5.74) is 4.91. The minimum Gasteiger partial charge on any atom is -0.453 e. The van der Waals surface area contributed by atoms with Crippen LogP contribution in [0.4, 0.5) is 9.59 Å². The highest BCUT2D eigenvalue weighted by molar-refractivity contribution is 5.87. The fourth-order valence-electron chi connectivity index (χ4n) is 6.91. The molecule has 4 atom stereocenters. The van der Waals surface area contributed by atoms with Gasteiger partial charge in [-0.2, -0.15) is 0 Å². The summed E-state index contributed by atoms with van der Waals surface area (Å²) in [4.78, 5) is 70.0. The highest BCUT2D eigenvalue weighted by atomic mass is 16.5. The predicted molar refractivity (Wildman–Crippen MR) is 196 cm³/mol. The normalized spacial score (nSPS) is 17.8. The molecule has 16 heteroatoms. The van der Waals surface area contributed by atoms with E-state index in [0.29, 0.717) is 24.7 Å². The molecule has 54 heavy (non-hydrogen) atoms. The molecule has 4 heterocycles. The Labute approximate surface area is 312 Å². The molecule has 0 bridgehead atoms. The predicted octanol–water partition coefficient (Wildman–Crippen LogP) is 3.42. The minimum atomic E-state index is -0.876. The van der Waals surface area contributed by atoms with Gasteiger partial charge in [0.2, 0.25) is 11.8 Å². The van der Waals surface area contributed by atoms with Crippen molar-refractivity contribution in [2.45, 2.75) is 49.9 Å². The summed E-state index contributed by atoms with van der Waals surface area (Å²) in [7, 11) is 5.44. The largest absolute Gasteiger partial charge is 0.453 e. The lowest BCUT2D eigenvalue weighted by Crippen LogP contribution is -2.50. The van der Waals surface area contributed by atoms with E-state index in [9.17, 15) is 19.2 Å². The maximum atomic E-state index is 13.4. The molecule has 4 N–H and O–H groups in total. The van der Waals surface area contributed by atoms with E-state index in [2.05, 4.69) is 46.9 Å². The van der Waals surface area contributed by atoms with Crippen molar-refractivity contribution in [2.75, 3.05) is 54.7 Å². The maximum Gasteiger partial charge on any atom is 0.407 e. The first-order valence-corrected chi connectivity index (χ1v) is 17.7. The number of hydrogen-bond donors (Lipinski definition) is 4. The maximum absolute atomic E-state index is 13.4. The average Bonchev–Trinajstić information content (AvgIpc) is 4.02. The van der Waals surface area contributed by atoms with Crippen LogP contribution in [0.5, 0.6) is 0 Å². The molecule has 16 nitrogen and oxygen atoms in total. The van der Waals surface area contributed by atoms with E-state index in [-0.39, 0.29) is 37.1 Å². The fraction of sp³-hybridized carbons (Fsp3) is 0.421. The average molecular weight is 741 g/mol. The van der Waals surface area contributed by atoms with E-state index in [1.54, 1.807) is 16.0 Å². The molecule has 4 amide bonds. The summed E-state index contributed by atoms with van der Waals surface area (Å²) in [6, 6.07) is 11.3. The van der Waals surface area contributed by atoms with Crippen LogP contribution in [-0.2, 0) is 28.5 Å². The topological polar surface area (TPSA) is 193 Å². The molecule has 6 rings (SSSR count). The Kier molecular flexibility index (Phi) is 12.1. The molecule has 4 unspecified atom stereocenters. The van der Waals surface area contributed by atoms with Crippen LogP contribution in [0.3, 0.4) is 0 Å². The van der Waals surface area contributed by atoms with Crippen LogP contribution in [-0.4, -0.2) is 121 Å². The minimum absolute atomic E-state index is 0.0189. The Morgan fingerprint density at radius 2 is 1.33 bits per heavy atom. The molecule has 0 aliphatic carbocycles. The first-order chi connectivity index (χ1) is 26.2. The molecule has 0 saturated carbocycles. The zero-order valence-electron chi connectivity index (χ0n) is 30.6. The third-order valence-corrected chi connectivity index (χ3v) is 9.56. The molecule has 2 fully saturated rings. The molecule has 284 valence electrons. The Morgan fingerprint density at radius 1 is 0.778 bits per heavy atom. The number of imidazole rings is 2. The molecular weight excluding hydrogens is 696 g/mol. The van der Waals surface area contributed by atoms with Crippen LogP contribution < -0.4 is 10.6 Å². The van der Waals surface area contributed by atoms with E-state index >= 15 is 0 Å². The number of fused-ring (bicyclic) bond motifs is 1. The lowest BCUT2D eigenvalue weighted by molar-refractivity contribution is -0.136. The lowest BCUT2D eigenvalue weighted by Gasteiger charge is -2.27. The van der Waals surface area contributed by atoms with Crippen LogP contribution in [0.25, 0.3) is 22.3 Å². The van der Waals surface area contributed by atoms with Gasteiger partial charge in [0.25, 0.3) is 0 Å². The SMILES string of the molecule is COCC(NC(=O)OC)C(=O)N1CCCC1c1ncc(-c2ccc(C#Cc3ccc4nc(C5CCCN5C(=O)C(COC)NC(=O)OC)[nH]c4c3)cc2)[nH]1. The van der Waals surface area contributed by atoms with E-state index < -0.39 is 24.3 Å². The van der Waals surface area contributed by atoms with Crippen molar-refractivity contribution >= 4 is 35.0 Å². The van der Waals surface area contributed by atoms with E-state index in [1.807, 2.05) is 42.5 Å². The van der Waals surface area contributed by atoms with Gasteiger partial charge in [-0.25, -0.2) is 19.6 Å². The van der Waals surface area contributed by atoms with Gasteiger partial charge >= 0.3 is 12.2 Å². The molecule has 4 aromatic rings. The van der Waals surface area contributed by atoms with Crippen molar-refractivity contribution in [1.29, 1.82) is 0 Å². The summed E-state index contributed by atoms with van der Waals surface area (Å²) in [5, 5.41) is 5.12. The van der Waals surface area contributed by atoms with Gasteiger partial charge in [-0.15, -0.1) is 0 Å². The van der Waals surface area contributed by atoms with E-state index in [4.69, 9.17) is 14.5 Å². The van der Waals surface area contributed by atoms with Gasteiger partial charge in [0.1, 0.15) is 23.7 Å². The number of H-pyrrole nitrogens is 2. The molecule has 2 aliphatic rings. The number of methoxy groups -OCH3 is 4. The summed E-state index contributed by atoms with van der Waals surface area (Å²) in [6.07, 6.45) is 3.43. The summed E-state index contributed by atoms with van der Waals surface area (Å²) in [5.74, 6) is 7.29.